The first-order valence-corrected chi connectivity index (χ1v) is 11.7. The Bertz CT molecular complexity index is 1630. The van der Waals surface area contributed by atoms with Crippen LogP contribution in [0, 0.1) is 11.3 Å². The number of benzene rings is 3. The quantitative estimate of drug-likeness (QED) is 0.331. The highest BCUT2D eigenvalue weighted by Crippen LogP contribution is 2.50. The van der Waals surface area contributed by atoms with Crippen molar-refractivity contribution in [2.75, 3.05) is 0 Å². The lowest BCUT2D eigenvalue weighted by molar-refractivity contribution is 0.379. The molecule has 6 rings (SSSR count). The molecule has 0 spiro atoms. The topological polar surface area (TPSA) is 106 Å². The Morgan fingerprint density at radius 3 is 2.14 bits per heavy atom. The first-order chi connectivity index (χ1) is 17.7. The molecule has 3 heterocycles. The molecule has 5 aromatic rings. The van der Waals surface area contributed by atoms with E-state index in [1.54, 1.807) is 4.68 Å². The smallest absolute Gasteiger partial charge is 0.244 e. The predicted octanol–water partition coefficient (Wildman–Crippen LogP) is 5.80. The number of aromatic amines is 1. The molecule has 3 aromatic carbocycles. The number of nitrogens with zero attached hydrogens (tertiary/aromatic N) is 4. The van der Waals surface area contributed by atoms with Gasteiger partial charge in [0.2, 0.25) is 11.8 Å². The fourth-order valence-corrected chi connectivity index (χ4v) is 4.91. The maximum absolute atomic E-state index is 10.2. The van der Waals surface area contributed by atoms with Gasteiger partial charge in [0.1, 0.15) is 16.8 Å². The van der Waals surface area contributed by atoms with E-state index in [1.807, 2.05) is 91.0 Å². The largest absolute Gasteiger partial charge is 0.420 e. The van der Waals surface area contributed by atoms with Crippen LogP contribution in [0.25, 0.3) is 28.2 Å². The second kappa shape index (κ2) is 8.77. The number of hydrogen-bond acceptors (Lipinski definition) is 5. The van der Waals surface area contributed by atoms with Gasteiger partial charge >= 0.3 is 0 Å². The van der Waals surface area contributed by atoms with Crippen LogP contribution in [0.1, 0.15) is 17.0 Å². The van der Waals surface area contributed by atoms with E-state index in [9.17, 15) is 5.26 Å². The van der Waals surface area contributed by atoms with Gasteiger partial charge in [-0.3, -0.25) is 5.10 Å². The molecule has 0 fully saturated rings. The van der Waals surface area contributed by atoms with Crippen molar-refractivity contribution < 1.29 is 4.74 Å². The van der Waals surface area contributed by atoms with E-state index in [0.29, 0.717) is 27.9 Å². The van der Waals surface area contributed by atoms with E-state index < -0.39 is 5.92 Å². The summed E-state index contributed by atoms with van der Waals surface area (Å²) in [7, 11) is 0. The Kier molecular flexibility index (Phi) is 5.29. The number of para-hydroxylation sites is 1. The highest BCUT2D eigenvalue weighted by molar-refractivity contribution is 6.31. The summed E-state index contributed by atoms with van der Waals surface area (Å²) in [6.45, 7) is 0. The minimum absolute atomic E-state index is 0.0105. The number of halogens is 1. The highest BCUT2D eigenvalue weighted by atomic mass is 35.5. The van der Waals surface area contributed by atoms with Crippen LogP contribution in [0.15, 0.2) is 102 Å². The van der Waals surface area contributed by atoms with Gasteiger partial charge in [0.25, 0.3) is 0 Å². The van der Waals surface area contributed by atoms with E-state index >= 15 is 0 Å². The van der Waals surface area contributed by atoms with Gasteiger partial charge in [0.15, 0.2) is 0 Å². The molecule has 174 valence electrons. The van der Waals surface area contributed by atoms with Gasteiger partial charge in [-0.15, -0.1) is 5.10 Å². The fourth-order valence-electron chi connectivity index (χ4n) is 4.57. The molecule has 8 heteroatoms. The predicted molar refractivity (Wildman–Crippen MR) is 137 cm³/mol. The lowest BCUT2D eigenvalue weighted by Gasteiger charge is -2.24. The third-order valence-corrected chi connectivity index (χ3v) is 6.57. The second-order valence-electron chi connectivity index (χ2n) is 8.27. The molecule has 1 atom stereocenters. The summed E-state index contributed by atoms with van der Waals surface area (Å²) in [4.78, 5) is 0. The number of aromatic nitrogens is 4. The van der Waals surface area contributed by atoms with Crippen LogP contribution in [0.3, 0.4) is 0 Å². The van der Waals surface area contributed by atoms with Crippen LogP contribution in [0.5, 0.6) is 5.88 Å². The molecule has 0 radical (unpaired) electrons. The van der Waals surface area contributed by atoms with Crippen LogP contribution in [0.2, 0.25) is 5.15 Å². The number of allylic oxidation sites excluding steroid dienone is 1. The van der Waals surface area contributed by atoms with E-state index in [-0.39, 0.29) is 11.5 Å². The molecule has 0 amide bonds. The molecule has 0 saturated carbocycles. The molecule has 2 aromatic heterocycles. The monoisotopic (exact) mass is 490 g/mol. The zero-order valence-corrected chi connectivity index (χ0v) is 19.6. The van der Waals surface area contributed by atoms with Crippen LogP contribution >= 0.6 is 11.6 Å². The third kappa shape index (κ3) is 3.44. The van der Waals surface area contributed by atoms with Crippen LogP contribution in [-0.2, 0) is 0 Å². The van der Waals surface area contributed by atoms with Crippen LogP contribution < -0.4 is 10.5 Å². The van der Waals surface area contributed by atoms with E-state index in [0.717, 1.165) is 22.5 Å². The van der Waals surface area contributed by atoms with Crippen LogP contribution in [0.4, 0.5) is 0 Å². The number of nitrogens with two attached hydrogens (primary N) is 1. The molecule has 0 bridgehead atoms. The molecule has 7 nitrogen and oxygen atoms in total. The summed E-state index contributed by atoms with van der Waals surface area (Å²) in [5.41, 5.74) is 11.7. The summed E-state index contributed by atoms with van der Waals surface area (Å²) in [5.74, 6) is -0.366. The second-order valence-corrected chi connectivity index (χ2v) is 8.63. The van der Waals surface area contributed by atoms with Gasteiger partial charge in [-0.25, -0.2) is 4.68 Å². The fraction of sp³-hybridized carbons (Fsp3) is 0.0357. The maximum Gasteiger partial charge on any atom is 0.244 e. The molecule has 3 N–H and O–H groups in total. The Balaban J connectivity index is 1.67. The van der Waals surface area contributed by atoms with E-state index in [2.05, 4.69) is 16.3 Å². The lowest BCUT2D eigenvalue weighted by atomic mass is 9.82. The minimum atomic E-state index is -0.659. The van der Waals surface area contributed by atoms with Crippen molar-refractivity contribution in [1.29, 1.82) is 5.26 Å². The number of fused-ring (bicyclic) bond motifs is 1. The van der Waals surface area contributed by atoms with Crippen molar-refractivity contribution in [3.05, 3.63) is 119 Å². The van der Waals surface area contributed by atoms with Crippen molar-refractivity contribution >= 4 is 11.6 Å². The van der Waals surface area contributed by atoms with Crippen molar-refractivity contribution in [3.63, 3.8) is 0 Å². The summed E-state index contributed by atoms with van der Waals surface area (Å²) < 4.78 is 7.47. The zero-order chi connectivity index (χ0) is 24.6. The normalized spacial score (nSPS) is 14.7. The van der Waals surface area contributed by atoms with Crippen molar-refractivity contribution in [1.82, 2.24) is 20.0 Å². The number of ether oxygens (including phenoxy) is 1. The van der Waals surface area contributed by atoms with Crippen molar-refractivity contribution in [2.45, 2.75) is 5.92 Å². The van der Waals surface area contributed by atoms with Gasteiger partial charge in [-0.1, -0.05) is 90.5 Å². The SMILES string of the molecule is N#CC1=C(N)Oc2n[nH]c(-c3ccccc3)c2C1c1c(-c2ccccc2)nn(-c2ccccc2)c1Cl. The van der Waals surface area contributed by atoms with Gasteiger partial charge in [-0.2, -0.15) is 10.4 Å². The van der Waals surface area contributed by atoms with Gasteiger partial charge in [0, 0.05) is 11.1 Å². The molecule has 1 aliphatic heterocycles. The molecule has 0 aliphatic carbocycles. The first-order valence-electron chi connectivity index (χ1n) is 11.3. The average molecular weight is 491 g/mol. The average Bonchev–Trinajstić information content (AvgIpc) is 3.50. The minimum Gasteiger partial charge on any atom is -0.420 e. The highest BCUT2D eigenvalue weighted by Gasteiger charge is 2.40. The molecule has 0 saturated heterocycles. The molecule has 1 unspecified atom stereocenters. The Labute approximate surface area is 212 Å². The zero-order valence-electron chi connectivity index (χ0n) is 18.9. The van der Waals surface area contributed by atoms with Crippen LogP contribution in [-0.4, -0.2) is 20.0 Å². The standard InChI is InChI=1S/C28H19ClN6O/c29-26-22(25(18-12-6-2-7-13-18)34-35(26)19-14-8-3-9-15-19)21-20(16-30)27(31)36-28-23(21)24(32-33-28)17-10-4-1-5-11-17/h1-15,21H,31H2,(H,32,33). The Morgan fingerprint density at radius 1 is 0.889 bits per heavy atom. The number of hydrogen-bond donors (Lipinski definition) is 2. The summed E-state index contributed by atoms with van der Waals surface area (Å²) in [6, 6.07) is 31.4. The summed E-state index contributed by atoms with van der Waals surface area (Å²) >= 11 is 7.11. The molecular formula is C28H19ClN6O. The van der Waals surface area contributed by atoms with E-state index in [4.69, 9.17) is 27.2 Å². The Morgan fingerprint density at radius 2 is 1.50 bits per heavy atom. The van der Waals surface area contributed by atoms with Gasteiger partial charge < -0.3 is 10.5 Å². The Hall–Kier alpha value is -4.80. The van der Waals surface area contributed by atoms with Crippen molar-refractivity contribution in [3.8, 4) is 40.2 Å². The number of H-pyrrole nitrogens is 1. The van der Waals surface area contributed by atoms with Gasteiger partial charge in [-0.05, 0) is 17.7 Å². The van der Waals surface area contributed by atoms with Crippen molar-refractivity contribution in [2.24, 2.45) is 5.73 Å². The first kappa shape index (κ1) is 21.7. The summed E-state index contributed by atoms with van der Waals surface area (Å²) in [6.07, 6.45) is 0. The summed E-state index contributed by atoms with van der Waals surface area (Å²) in [5, 5.41) is 23.0. The maximum atomic E-state index is 10.2. The molecule has 36 heavy (non-hydrogen) atoms. The van der Waals surface area contributed by atoms with Gasteiger partial charge in [0.05, 0.1) is 28.6 Å². The molecular weight excluding hydrogens is 472 g/mol. The third-order valence-electron chi connectivity index (χ3n) is 6.20. The molecule has 1 aliphatic rings. The van der Waals surface area contributed by atoms with E-state index in [1.165, 1.54) is 0 Å². The number of rotatable bonds is 4. The lowest BCUT2D eigenvalue weighted by Crippen LogP contribution is -2.21. The number of nitriles is 1. The number of nitrogens with one attached hydrogen (secondary N) is 1.